The minimum Gasteiger partial charge on any atom is -0.465 e. The maximum Gasteiger partial charge on any atom is 0.340 e. The van der Waals surface area contributed by atoms with E-state index in [4.69, 9.17) is 10.5 Å². The van der Waals surface area contributed by atoms with Gasteiger partial charge in [-0.1, -0.05) is 0 Å². The summed E-state index contributed by atoms with van der Waals surface area (Å²) in [5, 5.41) is 0. The molecule has 1 saturated heterocycles. The average Bonchev–Trinajstić information content (AvgIpc) is 2.74. The third-order valence-corrected chi connectivity index (χ3v) is 2.79. The summed E-state index contributed by atoms with van der Waals surface area (Å²) in [5.41, 5.74) is 7.03. The first-order valence-corrected chi connectivity index (χ1v) is 5.41. The molecular weight excluding hydrogens is 220 g/mol. The summed E-state index contributed by atoms with van der Waals surface area (Å²) < 4.78 is 4.69. The van der Waals surface area contributed by atoms with Crippen molar-refractivity contribution in [2.75, 3.05) is 24.3 Å². The number of benzene rings is 1. The Balaban J connectivity index is 2.45. The van der Waals surface area contributed by atoms with Gasteiger partial charge in [-0.25, -0.2) is 4.79 Å². The number of methoxy groups -OCH3 is 1. The lowest BCUT2D eigenvalue weighted by Gasteiger charge is -2.18. The molecule has 0 spiro atoms. The molecule has 0 atom stereocenters. The number of carbonyl (C=O) groups excluding carboxylic acids is 2. The fourth-order valence-corrected chi connectivity index (χ4v) is 1.97. The van der Waals surface area contributed by atoms with E-state index in [0.717, 1.165) is 6.42 Å². The van der Waals surface area contributed by atoms with Crippen LogP contribution in [0.1, 0.15) is 23.2 Å². The van der Waals surface area contributed by atoms with Crippen molar-refractivity contribution >= 4 is 23.3 Å². The maximum atomic E-state index is 11.7. The van der Waals surface area contributed by atoms with Crippen LogP contribution in [0.2, 0.25) is 0 Å². The minimum atomic E-state index is -0.480. The predicted octanol–water partition coefficient (Wildman–Crippen LogP) is 1.18. The van der Waals surface area contributed by atoms with Gasteiger partial charge in [0.15, 0.2) is 0 Å². The number of carbonyl (C=O) groups is 2. The van der Waals surface area contributed by atoms with Gasteiger partial charge >= 0.3 is 5.97 Å². The Bertz CT molecular complexity index is 471. The first-order valence-electron chi connectivity index (χ1n) is 5.41. The largest absolute Gasteiger partial charge is 0.465 e. The first-order chi connectivity index (χ1) is 8.13. The van der Waals surface area contributed by atoms with Crippen LogP contribution in [-0.2, 0) is 9.53 Å². The van der Waals surface area contributed by atoms with Crippen molar-refractivity contribution in [2.24, 2.45) is 0 Å². The van der Waals surface area contributed by atoms with Gasteiger partial charge in [0.05, 0.1) is 18.4 Å². The molecule has 0 aliphatic carbocycles. The SMILES string of the molecule is COC(=O)c1cc(N)ccc1N1CCCC1=O. The number of esters is 1. The molecule has 0 aromatic heterocycles. The van der Waals surface area contributed by atoms with Crippen LogP contribution in [0.15, 0.2) is 18.2 Å². The monoisotopic (exact) mass is 234 g/mol. The molecule has 0 bridgehead atoms. The fourth-order valence-electron chi connectivity index (χ4n) is 1.97. The fraction of sp³-hybridized carbons (Fsp3) is 0.333. The highest BCUT2D eigenvalue weighted by Crippen LogP contribution is 2.27. The summed E-state index contributed by atoms with van der Waals surface area (Å²) >= 11 is 0. The number of ether oxygens (including phenoxy) is 1. The van der Waals surface area contributed by atoms with Gasteiger partial charge in [0, 0.05) is 18.7 Å². The minimum absolute atomic E-state index is 0.0277. The van der Waals surface area contributed by atoms with E-state index in [-0.39, 0.29) is 5.91 Å². The van der Waals surface area contributed by atoms with E-state index in [0.29, 0.717) is 29.9 Å². The standard InChI is InChI=1S/C12H14N2O3/c1-17-12(16)9-7-8(13)4-5-10(9)14-6-2-3-11(14)15/h4-5,7H,2-3,6,13H2,1H3. The second-order valence-corrected chi connectivity index (χ2v) is 3.92. The quantitative estimate of drug-likeness (QED) is 0.616. The average molecular weight is 234 g/mol. The van der Waals surface area contributed by atoms with Gasteiger partial charge in [0.2, 0.25) is 5.91 Å². The zero-order valence-electron chi connectivity index (χ0n) is 9.60. The Morgan fingerprint density at radius 2 is 2.24 bits per heavy atom. The van der Waals surface area contributed by atoms with E-state index >= 15 is 0 Å². The van der Waals surface area contributed by atoms with Crippen LogP contribution in [0.5, 0.6) is 0 Å². The Hall–Kier alpha value is -2.04. The maximum absolute atomic E-state index is 11.7. The van der Waals surface area contributed by atoms with Gasteiger partial charge in [-0.05, 0) is 24.6 Å². The van der Waals surface area contributed by atoms with Crippen molar-refractivity contribution in [3.8, 4) is 0 Å². The van der Waals surface area contributed by atoms with Crippen molar-refractivity contribution in [1.82, 2.24) is 0 Å². The van der Waals surface area contributed by atoms with E-state index in [1.165, 1.54) is 13.2 Å². The molecule has 5 nitrogen and oxygen atoms in total. The van der Waals surface area contributed by atoms with Gasteiger partial charge in [0.1, 0.15) is 0 Å². The van der Waals surface area contributed by atoms with Crippen LogP contribution in [0.3, 0.4) is 0 Å². The van der Waals surface area contributed by atoms with Crippen LogP contribution >= 0.6 is 0 Å². The second-order valence-electron chi connectivity index (χ2n) is 3.92. The summed E-state index contributed by atoms with van der Waals surface area (Å²) in [6.45, 7) is 0.632. The van der Waals surface area contributed by atoms with E-state index in [1.807, 2.05) is 0 Å². The molecule has 5 heteroatoms. The molecule has 1 amide bonds. The van der Waals surface area contributed by atoms with E-state index in [1.54, 1.807) is 17.0 Å². The van der Waals surface area contributed by atoms with Crippen LogP contribution in [0, 0.1) is 0 Å². The lowest BCUT2D eigenvalue weighted by atomic mass is 10.1. The van der Waals surface area contributed by atoms with Crippen LogP contribution in [-0.4, -0.2) is 25.5 Å². The molecule has 1 aromatic carbocycles. The predicted molar refractivity (Wildman–Crippen MR) is 63.8 cm³/mol. The van der Waals surface area contributed by atoms with Crippen molar-refractivity contribution in [1.29, 1.82) is 0 Å². The van der Waals surface area contributed by atoms with Crippen molar-refractivity contribution in [3.63, 3.8) is 0 Å². The lowest BCUT2D eigenvalue weighted by molar-refractivity contribution is -0.117. The second kappa shape index (κ2) is 4.45. The molecule has 1 aliphatic heterocycles. The van der Waals surface area contributed by atoms with Crippen molar-refractivity contribution in [2.45, 2.75) is 12.8 Å². The molecule has 2 N–H and O–H groups in total. The van der Waals surface area contributed by atoms with E-state index in [9.17, 15) is 9.59 Å². The number of nitrogens with zero attached hydrogens (tertiary/aromatic N) is 1. The smallest absolute Gasteiger partial charge is 0.340 e. The van der Waals surface area contributed by atoms with Gasteiger partial charge in [-0.3, -0.25) is 4.79 Å². The van der Waals surface area contributed by atoms with Gasteiger partial charge in [-0.2, -0.15) is 0 Å². The van der Waals surface area contributed by atoms with Gasteiger partial charge in [-0.15, -0.1) is 0 Å². The number of nitrogens with two attached hydrogens (primary N) is 1. The van der Waals surface area contributed by atoms with Crippen LogP contribution in [0.4, 0.5) is 11.4 Å². The van der Waals surface area contributed by atoms with Crippen molar-refractivity contribution < 1.29 is 14.3 Å². The molecule has 1 fully saturated rings. The molecule has 17 heavy (non-hydrogen) atoms. The summed E-state index contributed by atoms with van der Waals surface area (Å²) in [6, 6.07) is 4.89. The molecule has 1 aromatic rings. The molecule has 0 unspecified atom stereocenters. The highest BCUT2D eigenvalue weighted by molar-refractivity contribution is 6.04. The first kappa shape index (κ1) is 11.4. The molecule has 1 aliphatic rings. The third-order valence-electron chi connectivity index (χ3n) is 2.79. The molecule has 2 rings (SSSR count). The Morgan fingerprint density at radius 1 is 1.47 bits per heavy atom. The molecule has 0 saturated carbocycles. The summed E-state index contributed by atoms with van der Waals surface area (Å²) in [7, 11) is 1.31. The van der Waals surface area contributed by atoms with Crippen molar-refractivity contribution in [3.05, 3.63) is 23.8 Å². The van der Waals surface area contributed by atoms with E-state index < -0.39 is 5.97 Å². The van der Waals surface area contributed by atoms with Gasteiger partial charge < -0.3 is 15.4 Å². The molecule has 1 heterocycles. The van der Waals surface area contributed by atoms with Crippen LogP contribution < -0.4 is 10.6 Å². The topological polar surface area (TPSA) is 72.6 Å². The summed E-state index contributed by atoms with van der Waals surface area (Å²) in [5.74, 6) is -0.452. The summed E-state index contributed by atoms with van der Waals surface area (Å²) in [4.78, 5) is 24.9. The number of nitrogen functional groups attached to an aromatic ring is 1. The highest BCUT2D eigenvalue weighted by Gasteiger charge is 2.26. The number of amides is 1. The van der Waals surface area contributed by atoms with E-state index in [2.05, 4.69) is 0 Å². The molecule has 90 valence electrons. The number of rotatable bonds is 2. The highest BCUT2D eigenvalue weighted by atomic mass is 16.5. The lowest BCUT2D eigenvalue weighted by Crippen LogP contribution is -2.26. The zero-order valence-corrected chi connectivity index (χ0v) is 9.60. The zero-order chi connectivity index (χ0) is 12.4. The molecular formula is C12H14N2O3. The Labute approximate surface area is 99.2 Å². The Kier molecular flexibility index (Phi) is 2.99. The number of anilines is 2. The number of hydrogen-bond donors (Lipinski definition) is 1. The Morgan fingerprint density at radius 3 is 2.82 bits per heavy atom. The third kappa shape index (κ3) is 2.08. The van der Waals surface area contributed by atoms with Gasteiger partial charge in [0.25, 0.3) is 0 Å². The van der Waals surface area contributed by atoms with Crippen LogP contribution in [0.25, 0.3) is 0 Å². The number of hydrogen-bond acceptors (Lipinski definition) is 4. The normalized spacial score (nSPS) is 15.1. The summed E-state index contributed by atoms with van der Waals surface area (Å²) in [6.07, 6.45) is 1.33. The molecule has 0 radical (unpaired) electrons.